The summed E-state index contributed by atoms with van der Waals surface area (Å²) in [5, 5.41) is 29.0. The maximum absolute atomic E-state index is 10.8. The second-order valence-corrected chi connectivity index (χ2v) is 5.70. The fourth-order valence-electron chi connectivity index (χ4n) is 2.56. The highest BCUT2D eigenvalue weighted by Gasteiger charge is 2.12. The number of aliphatic hydroxyl groups excluding tert-OH is 1. The largest absolute Gasteiger partial charge is 0.494 e. The molecule has 0 radical (unpaired) electrons. The number of hydrogen-bond acceptors (Lipinski definition) is 7. The lowest BCUT2D eigenvalue weighted by molar-refractivity contribution is -0.384. The summed E-state index contributed by atoms with van der Waals surface area (Å²) in [5.41, 5.74) is 2.79. The van der Waals surface area contributed by atoms with Crippen LogP contribution >= 0.6 is 0 Å². The fourth-order valence-corrected chi connectivity index (χ4v) is 2.56. The highest BCUT2D eigenvalue weighted by atomic mass is 16.6. The first-order valence-electron chi connectivity index (χ1n) is 8.17. The van der Waals surface area contributed by atoms with Gasteiger partial charge in [-0.1, -0.05) is 0 Å². The van der Waals surface area contributed by atoms with E-state index in [9.17, 15) is 15.2 Å². The van der Waals surface area contributed by atoms with Crippen molar-refractivity contribution in [3.63, 3.8) is 0 Å². The standard InChI is InChI=1S/C18H22N4O4/c1-5-21(13(3)23)14-6-8-16(12(2)10-14)19-20-17-9-7-15(22(24)25)11-18(17)26-4/h6-11,13,23H,5H2,1-4H3/b20-19+. The molecule has 0 spiro atoms. The number of ether oxygens (including phenoxy) is 1. The Kier molecular flexibility index (Phi) is 6.24. The van der Waals surface area contributed by atoms with Gasteiger partial charge in [-0.05, 0) is 50.6 Å². The first-order valence-corrected chi connectivity index (χ1v) is 8.17. The summed E-state index contributed by atoms with van der Waals surface area (Å²) in [5.74, 6) is 0.281. The Morgan fingerprint density at radius 2 is 1.88 bits per heavy atom. The summed E-state index contributed by atoms with van der Waals surface area (Å²) in [6, 6.07) is 9.77. The van der Waals surface area contributed by atoms with Gasteiger partial charge >= 0.3 is 0 Å². The predicted octanol–water partition coefficient (Wildman–Crippen LogP) is 4.49. The van der Waals surface area contributed by atoms with E-state index in [4.69, 9.17) is 4.74 Å². The van der Waals surface area contributed by atoms with Gasteiger partial charge in [0.1, 0.15) is 11.9 Å². The lowest BCUT2D eigenvalue weighted by Gasteiger charge is -2.26. The van der Waals surface area contributed by atoms with Gasteiger partial charge in [0.15, 0.2) is 5.75 Å². The molecule has 0 aliphatic carbocycles. The Labute approximate surface area is 151 Å². The molecule has 0 heterocycles. The molecular formula is C18H22N4O4. The molecule has 26 heavy (non-hydrogen) atoms. The third kappa shape index (κ3) is 4.34. The second-order valence-electron chi connectivity index (χ2n) is 5.70. The molecule has 8 nitrogen and oxygen atoms in total. The van der Waals surface area contributed by atoms with Gasteiger partial charge in [0.2, 0.25) is 0 Å². The number of rotatable bonds is 7. The Morgan fingerprint density at radius 1 is 1.23 bits per heavy atom. The Balaban J connectivity index is 2.29. The number of benzene rings is 2. The van der Waals surface area contributed by atoms with Gasteiger partial charge in [0, 0.05) is 18.3 Å². The molecule has 0 saturated carbocycles. The minimum atomic E-state index is -0.587. The second kappa shape index (κ2) is 8.39. The molecule has 0 aliphatic rings. The molecule has 1 N–H and O–H groups in total. The minimum Gasteiger partial charge on any atom is -0.494 e. The Morgan fingerprint density at radius 3 is 2.42 bits per heavy atom. The molecule has 0 aromatic heterocycles. The molecule has 138 valence electrons. The van der Waals surface area contributed by atoms with Crippen LogP contribution in [0, 0.1) is 17.0 Å². The van der Waals surface area contributed by atoms with Gasteiger partial charge in [0.05, 0.1) is 23.8 Å². The van der Waals surface area contributed by atoms with Crippen LogP contribution in [0.25, 0.3) is 0 Å². The highest BCUT2D eigenvalue weighted by Crippen LogP contribution is 2.33. The van der Waals surface area contributed by atoms with Gasteiger partial charge in [-0.2, -0.15) is 5.11 Å². The lowest BCUT2D eigenvalue weighted by Crippen LogP contribution is -2.32. The van der Waals surface area contributed by atoms with Crippen molar-refractivity contribution < 1.29 is 14.8 Å². The summed E-state index contributed by atoms with van der Waals surface area (Å²) < 4.78 is 5.15. The molecule has 2 aromatic carbocycles. The topological polar surface area (TPSA) is 101 Å². The number of aliphatic hydroxyl groups is 1. The van der Waals surface area contributed by atoms with E-state index in [0.29, 0.717) is 17.9 Å². The van der Waals surface area contributed by atoms with Gasteiger partial charge in [-0.15, -0.1) is 5.11 Å². The molecule has 0 amide bonds. The molecule has 0 fully saturated rings. The van der Waals surface area contributed by atoms with Crippen LogP contribution in [0.1, 0.15) is 19.4 Å². The number of nitro groups is 1. The number of azo groups is 1. The van der Waals surface area contributed by atoms with Crippen molar-refractivity contribution in [3.8, 4) is 5.75 Å². The maximum Gasteiger partial charge on any atom is 0.273 e. The van der Waals surface area contributed by atoms with Crippen LogP contribution in [0.2, 0.25) is 0 Å². The van der Waals surface area contributed by atoms with Gasteiger partial charge in [0.25, 0.3) is 5.69 Å². The molecule has 8 heteroatoms. The van der Waals surface area contributed by atoms with Crippen LogP contribution in [-0.4, -0.2) is 29.9 Å². The first kappa shape index (κ1) is 19.3. The number of aryl methyl sites for hydroxylation is 1. The van der Waals surface area contributed by atoms with Crippen molar-refractivity contribution in [2.75, 3.05) is 18.6 Å². The molecule has 0 aliphatic heterocycles. The number of methoxy groups -OCH3 is 1. The van der Waals surface area contributed by atoms with E-state index in [2.05, 4.69) is 10.2 Å². The highest BCUT2D eigenvalue weighted by molar-refractivity contribution is 5.59. The van der Waals surface area contributed by atoms with E-state index in [1.807, 2.05) is 36.9 Å². The quantitative estimate of drug-likeness (QED) is 0.340. The molecule has 0 saturated heterocycles. The monoisotopic (exact) mass is 358 g/mol. The summed E-state index contributed by atoms with van der Waals surface area (Å²) in [7, 11) is 1.42. The van der Waals surface area contributed by atoms with Crippen molar-refractivity contribution in [3.05, 3.63) is 52.1 Å². The zero-order valence-electron chi connectivity index (χ0n) is 15.2. The predicted molar refractivity (Wildman–Crippen MR) is 99.7 cm³/mol. The average molecular weight is 358 g/mol. The van der Waals surface area contributed by atoms with E-state index in [0.717, 1.165) is 11.3 Å². The van der Waals surface area contributed by atoms with E-state index in [-0.39, 0.29) is 11.4 Å². The normalized spacial score (nSPS) is 12.2. The number of anilines is 1. The van der Waals surface area contributed by atoms with Crippen molar-refractivity contribution in [1.29, 1.82) is 0 Å². The van der Waals surface area contributed by atoms with Crippen molar-refractivity contribution in [2.45, 2.75) is 27.0 Å². The Bertz CT molecular complexity index is 821. The van der Waals surface area contributed by atoms with E-state index in [1.54, 1.807) is 6.92 Å². The lowest BCUT2D eigenvalue weighted by atomic mass is 10.1. The fraction of sp³-hybridized carbons (Fsp3) is 0.333. The maximum atomic E-state index is 10.8. The van der Waals surface area contributed by atoms with Crippen LogP contribution in [-0.2, 0) is 0 Å². The molecule has 2 rings (SSSR count). The summed E-state index contributed by atoms with van der Waals surface area (Å²) in [6.07, 6.45) is -0.587. The van der Waals surface area contributed by atoms with Gasteiger partial charge < -0.3 is 14.7 Å². The number of nitrogens with zero attached hydrogens (tertiary/aromatic N) is 4. The van der Waals surface area contributed by atoms with E-state index < -0.39 is 11.2 Å². The summed E-state index contributed by atoms with van der Waals surface area (Å²) in [4.78, 5) is 12.2. The van der Waals surface area contributed by atoms with Crippen molar-refractivity contribution >= 4 is 22.7 Å². The van der Waals surface area contributed by atoms with Gasteiger partial charge in [-0.25, -0.2) is 0 Å². The third-order valence-corrected chi connectivity index (χ3v) is 3.94. The van der Waals surface area contributed by atoms with Crippen LogP contribution in [0.4, 0.5) is 22.7 Å². The molecule has 2 aromatic rings. The van der Waals surface area contributed by atoms with Crippen molar-refractivity contribution in [2.24, 2.45) is 10.2 Å². The van der Waals surface area contributed by atoms with Crippen LogP contribution in [0.5, 0.6) is 5.75 Å². The summed E-state index contributed by atoms with van der Waals surface area (Å²) >= 11 is 0. The third-order valence-electron chi connectivity index (χ3n) is 3.94. The number of nitro benzene ring substituents is 1. The molecular weight excluding hydrogens is 336 g/mol. The first-order chi connectivity index (χ1) is 12.4. The van der Waals surface area contributed by atoms with E-state index in [1.165, 1.54) is 25.3 Å². The Hall–Kier alpha value is -3.00. The molecule has 0 bridgehead atoms. The SMILES string of the molecule is CCN(c1ccc(/N=N/c2ccc([N+](=O)[O-])cc2OC)c(C)c1)C(C)O. The van der Waals surface area contributed by atoms with Crippen LogP contribution in [0.15, 0.2) is 46.6 Å². The zero-order valence-corrected chi connectivity index (χ0v) is 15.2. The molecule has 1 atom stereocenters. The average Bonchev–Trinajstić information content (AvgIpc) is 2.61. The summed E-state index contributed by atoms with van der Waals surface area (Å²) in [6.45, 7) is 6.27. The number of non-ortho nitro benzene ring substituents is 1. The van der Waals surface area contributed by atoms with Crippen molar-refractivity contribution in [1.82, 2.24) is 0 Å². The van der Waals surface area contributed by atoms with Crippen LogP contribution < -0.4 is 9.64 Å². The minimum absolute atomic E-state index is 0.0703. The van der Waals surface area contributed by atoms with Gasteiger partial charge in [-0.3, -0.25) is 10.1 Å². The molecule has 1 unspecified atom stereocenters. The zero-order chi connectivity index (χ0) is 19.3. The van der Waals surface area contributed by atoms with E-state index >= 15 is 0 Å². The smallest absolute Gasteiger partial charge is 0.273 e. The van der Waals surface area contributed by atoms with Crippen LogP contribution in [0.3, 0.4) is 0 Å². The number of hydrogen-bond donors (Lipinski definition) is 1.